The first-order chi connectivity index (χ1) is 12.9. The van der Waals surface area contributed by atoms with Crippen LogP contribution in [0.1, 0.15) is 47.9 Å². The van der Waals surface area contributed by atoms with E-state index in [2.05, 4.69) is 30.7 Å². The fourth-order valence-electron chi connectivity index (χ4n) is 3.20. The number of ether oxygens (including phenoxy) is 2. The standard InChI is InChI=1S/C21H24O5S/c1-21(2)8-9-27-19-7-4-13(10-16(19)21)18(12-22)26-14-5-6-15(17(23)11-14)20(24)25-3/h4-7,10-11,18,22-23H,8-9,12H2,1-3H3. The van der Waals surface area contributed by atoms with Crippen molar-refractivity contribution >= 4 is 17.7 Å². The number of thioether (sulfide) groups is 1. The number of esters is 1. The third-order valence-electron chi connectivity index (χ3n) is 4.91. The Morgan fingerprint density at radius 2 is 2.04 bits per heavy atom. The van der Waals surface area contributed by atoms with Crippen LogP contribution >= 0.6 is 11.8 Å². The van der Waals surface area contributed by atoms with E-state index in [0.717, 1.165) is 17.7 Å². The number of aliphatic hydroxyl groups is 1. The Kier molecular flexibility index (Phi) is 5.67. The Hall–Kier alpha value is -2.18. The van der Waals surface area contributed by atoms with Gasteiger partial charge in [-0.2, -0.15) is 0 Å². The quantitative estimate of drug-likeness (QED) is 0.752. The van der Waals surface area contributed by atoms with E-state index >= 15 is 0 Å². The molecule has 0 bridgehead atoms. The smallest absolute Gasteiger partial charge is 0.341 e. The van der Waals surface area contributed by atoms with Crippen LogP contribution in [-0.4, -0.2) is 35.7 Å². The second kappa shape index (κ2) is 7.82. The minimum absolute atomic E-state index is 0.0675. The molecule has 3 rings (SSSR count). The normalized spacial score (nSPS) is 16.3. The number of phenolic OH excluding ortho intramolecular Hbond substituents is 1. The highest BCUT2D eigenvalue weighted by Gasteiger charge is 2.29. The Labute approximate surface area is 163 Å². The summed E-state index contributed by atoms with van der Waals surface area (Å²) >= 11 is 1.85. The number of benzene rings is 2. The summed E-state index contributed by atoms with van der Waals surface area (Å²) in [6, 6.07) is 10.5. The van der Waals surface area contributed by atoms with E-state index in [1.807, 2.05) is 17.8 Å². The van der Waals surface area contributed by atoms with E-state index in [9.17, 15) is 15.0 Å². The van der Waals surface area contributed by atoms with Crippen LogP contribution in [-0.2, 0) is 10.2 Å². The number of phenols is 1. The summed E-state index contributed by atoms with van der Waals surface area (Å²) in [5.41, 5.74) is 2.29. The highest BCUT2D eigenvalue weighted by atomic mass is 32.2. The van der Waals surface area contributed by atoms with Gasteiger partial charge in [-0.1, -0.05) is 26.0 Å². The zero-order chi connectivity index (χ0) is 19.6. The van der Waals surface area contributed by atoms with Gasteiger partial charge in [-0.15, -0.1) is 11.8 Å². The largest absolute Gasteiger partial charge is 0.507 e. The number of carbonyl (C=O) groups is 1. The summed E-state index contributed by atoms with van der Waals surface area (Å²) in [6.45, 7) is 4.26. The molecule has 144 valence electrons. The van der Waals surface area contributed by atoms with Crippen LogP contribution in [0.3, 0.4) is 0 Å². The number of fused-ring (bicyclic) bond motifs is 1. The van der Waals surface area contributed by atoms with Crippen LogP contribution in [0.2, 0.25) is 0 Å². The number of aromatic hydroxyl groups is 1. The van der Waals surface area contributed by atoms with E-state index in [-0.39, 0.29) is 23.3 Å². The van der Waals surface area contributed by atoms with Gasteiger partial charge in [0.15, 0.2) is 0 Å². The third kappa shape index (κ3) is 4.06. The molecule has 2 N–H and O–H groups in total. The lowest BCUT2D eigenvalue weighted by molar-refractivity contribution is 0.0597. The molecule has 1 atom stereocenters. The number of carbonyl (C=O) groups excluding carboxylic acids is 1. The zero-order valence-electron chi connectivity index (χ0n) is 15.7. The average Bonchev–Trinajstić information content (AvgIpc) is 2.65. The SMILES string of the molecule is COC(=O)c1ccc(OC(CO)c2ccc3c(c2)C(C)(C)CCS3)cc1O. The van der Waals surface area contributed by atoms with Crippen molar-refractivity contribution in [1.82, 2.24) is 0 Å². The number of rotatable bonds is 5. The average molecular weight is 388 g/mol. The van der Waals surface area contributed by atoms with Gasteiger partial charge in [0.1, 0.15) is 23.2 Å². The molecule has 0 amide bonds. The molecule has 1 aliphatic heterocycles. The first-order valence-electron chi connectivity index (χ1n) is 8.82. The zero-order valence-corrected chi connectivity index (χ0v) is 16.5. The van der Waals surface area contributed by atoms with Gasteiger partial charge in [-0.25, -0.2) is 4.79 Å². The molecule has 6 heteroatoms. The Morgan fingerprint density at radius 3 is 2.70 bits per heavy atom. The van der Waals surface area contributed by atoms with Crippen LogP contribution in [0.25, 0.3) is 0 Å². The summed E-state index contributed by atoms with van der Waals surface area (Å²) in [5, 5.41) is 19.9. The molecule has 0 aromatic heterocycles. The molecule has 0 fully saturated rings. The molecule has 2 aromatic carbocycles. The Balaban J connectivity index is 1.86. The lowest BCUT2D eigenvalue weighted by Crippen LogP contribution is -2.23. The van der Waals surface area contributed by atoms with E-state index in [1.54, 1.807) is 6.07 Å². The number of hydrogen-bond donors (Lipinski definition) is 2. The topological polar surface area (TPSA) is 76.0 Å². The molecule has 0 aliphatic carbocycles. The minimum atomic E-state index is -0.618. The first kappa shape index (κ1) is 19.6. The minimum Gasteiger partial charge on any atom is -0.507 e. The molecule has 1 aliphatic rings. The molecule has 1 unspecified atom stereocenters. The van der Waals surface area contributed by atoms with Gasteiger partial charge < -0.3 is 19.7 Å². The molecular formula is C21H24O5S. The van der Waals surface area contributed by atoms with Crippen LogP contribution in [0.15, 0.2) is 41.3 Å². The van der Waals surface area contributed by atoms with Gasteiger partial charge in [0.05, 0.1) is 13.7 Å². The van der Waals surface area contributed by atoms with Crippen molar-refractivity contribution in [3.05, 3.63) is 53.1 Å². The first-order valence-corrected chi connectivity index (χ1v) is 9.80. The Bertz CT molecular complexity index is 846. The van der Waals surface area contributed by atoms with Crippen molar-refractivity contribution in [3.63, 3.8) is 0 Å². The maximum atomic E-state index is 11.6. The molecular weight excluding hydrogens is 364 g/mol. The summed E-state index contributed by atoms with van der Waals surface area (Å²) in [6.07, 6.45) is 0.531. The number of hydrogen-bond acceptors (Lipinski definition) is 6. The van der Waals surface area contributed by atoms with Gasteiger partial charge in [0, 0.05) is 11.0 Å². The fraction of sp³-hybridized carbons (Fsp3) is 0.381. The third-order valence-corrected chi connectivity index (χ3v) is 5.98. The predicted molar refractivity (Wildman–Crippen MR) is 105 cm³/mol. The van der Waals surface area contributed by atoms with Crippen molar-refractivity contribution in [2.24, 2.45) is 0 Å². The van der Waals surface area contributed by atoms with E-state index < -0.39 is 12.1 Å². The van der Waals surface area contributed by atoms with Crippen LogP contribution < -0.4 is 4.74 Å². The second-order valence-electron chi connectivity index (χ2n) is 7.20. The molecule has 0 radical (unpaired) electrons. The second-order valence-corrected chi connectivity index (χ2v) is 8.33. The summed E-state index contributed by atoms with van der Waals surface area (Å²) in [4.78, 5) is 12.8. The highest BCUT2D eigenvalue weighted by molar-refractivity contribution is 7.99. The maximum absolute atomic E-state index is 11.6. The van der Waals surface area contributed by atoms with Gasteiger partial charge in [-0.05, 0) is 46.9 Å². The lowest BCUT2D eigenvalue weighted by Gasteiger charge is -2.33. The van der Waals surface area contributed by atoms with Crippen molar-refractivity contribution in [1.29, 1.82) is 0 Å². The van der Waals surface area contributed by atoms with Crippen molar-refractivity contribution in [2.75, 3.05) is 19.5 Å². The summed E-state index contributed by atoms with van der Waals surface area (Å²) in [5.74, 6) is 0.627. The van der Waals surface area contributed by atoms with Crippen LogP contribution in [0.4, 0.5) is 0 Å². The highest BCUT2D eigenvalue weighted by Crippen LogP contribution is 2.42. The molecule has 0 saturated heterocycles. The molecule has 27 heavy (non-hydrogen) atoms. The van der Waals surface area contributed by atoms with Crippen molar-refractivity contribution in [2.45, 2.75) is 36.7 Å². The molecule has 0 saturated carbocycles. The van der Waals surface area contributed by atoms with Crippen LogP contribution in [0, 0.1) is 0 Å². The van der Waals surface area contributed by atoms with Gasteiger partial charge in [0.25, 0.3) is 0 Å². The number of aliphatic hydroxyl groups excluding tert-OH is 1. The molecule has 1 heterocycles. The van der Waals surface area contributed by atoms with Crippen molar-refractivity contribution < 1.29 is 24.5 Å². The van der Waals surface area contributed by atoms with Gasteiger partial charge in [-0.3, -0.25) is 0 Å². The predicted octanol–water partition coefficient (Wildman–Crippen LogP) is 4.06. The summed E-state index contributed by atoms with van der Waals surface area (Å²) < 4.78 is 10.5. The number of methoxy groups -OCH3 is 1. The monoisotopic (exact) mass is 388 g/mol. The molecule has 5 nitrogen and oxygen atoms in total. The Morgan fingerprint density at radius 1 is 1.26 bits per heavy atom. The molecule has 0 spiro atoms. The van der Waals surface area contributed by atoms with Crippen molar-refractivity contribution in [3.8, 4) is 11.5 Å². The lowest BCUT2D eigenvalue weighted by atomic mass is 9.81. The fourth-order valence-corrected chi connectivity index (χ4v) is 4.68. The van der Waals surface area contributed by atoms with Gasteiger partial charge in [0.2, 0.25) is 0 Å². The molecule has 2 aromatic rings. The van der Waals surface area contributed by atoms with E-state index in [4.69, 9.17) is 4.74 Å². The van der Waals surface area contributed by atoms with Gasteiger partial charge >= 0.3 is 5.97 Å². The van der Waals surface area contributed by atoms with Crippen LogP contribution in [0.5, 0.6) is 11.5 Å². The van der Waals surface area contributed by atoms with E-state index in [0.29, 0.717) is 5.75 Å². The maximum Gasteiger partial charge on any atom is 0.341 e. The summed E-state index contributed by atoms with van der Waals surface area (Å²) in [7, 11) is 1.25. The van der Waals surface area contributed by atoms with E-state index in [1.165, 1.54) is 29.7 Å².